The Hall–Kier alpha value is -1.72. The summed E-state index contributed by atoms with van der Waals surface area (Å²) in [7, 11) is 0. The Bertz CT molecular complexity index is 609. The molecule has 0 saturated heterocycles. The minimum atomic E-state index is -0.310. The largest absolute Gasteiger partial charge is 0.368 e. The van der Waals surface area contributed by atoms with Gasteiger partial charge in [-0.1, -0.05) is 37.3 Å². The van der Waals surface area contributed by atoms with Crippen molar-refractivity contribution < 1.29 is 4.79 Å². The predicted molar refractivity (Wildman–Crippen MR) is 87.1 cm³/mol. The van der Waals surface area contributed by atoms with Crippen LogP contribution in [0.2, 0.25) is 0 Å². The standard InChI is InChI=1S/C16H21N3OS/c1-4-13(15(17)20)18-10(2)14-11(3)19-16(21-14)12-8-6-5-7-9-12/h5-10,13,18H,4H2,1-3H3,(H2,17,20). The third-order valence-corrected chi connectivity index (χ3v) is 4.84. The van der Waals surface area contributed by atoms with E-state index in [2.05, 4.69) is 22.4 Å². The molecule has 5 heteroatoms. The molecule has 2 aromatic rings. The minimum Gasteiger partial charge on any atom is -0.368 e. The van der Waals surface area contributed by atoms with Gasteiger partial charge in [0, 0.05) is 16.5 Å². The lowest BCUT2D eigenvalue weighted by Crippen LogP contribution is -2.41. The number of rotatable bonds is 6. The second-order valence-corrected chi connectivity index (χ2v) is 6.12. The van der Waals surface area contributed by atoms with Gasteiger partial charge in [0.2, 0.25) is 5.91 Å². The molecule has 0 fully saturated rings. The van der Waals surface area contributed by atoms with E-state index in [0.29, 0.717) is 6.42 Å². The van der Waals surface area contributed by atoms with Gasteiger partial charge in [0.1, 0.15) is 5.01 Å². The zero-order valence-corrected chi connectivity index (χ0v) is 13.4. The van der Waals surface area contributed by atoms with Gasteiger partial charge in [-0.15, -0.1) is 11.3 Å². The molecule has 2 rings (SSSR count). The van der Waals surface area contributed by atoms with Crippen LogP contribution in [-0.2, 0) is 4.79 Å². The highest BCUT2D eigenvalue weighted by atomic mass is 32.1. The Morgan fingerprint density at radius 1 is 1.38 bits per heavy atom. The molecule has 0 aliphatic rings. The van der Waals surface area contributed by atoms with Crippen LogP contribution in [0, 0.1) is 6.92 Å². The van der Waals surface area contributed by atoms with Crippen LogP contribution in [0.3, 0.4) is 0 Å². The molecule has 1 amide bonds. The summed E-state index contributed by atoms with van der Waals surface area (Å²) in [4.78, 5) is 17.1. The fraction of sp³-hybridized carbons (Fsp3) is 0.375. The number of thiazole rings is 1. The second-order valence-electron chi connectivity index (χ2n) is 5.09. The number of carbonyl (C=O) groups excluding carboxylic acids is 1. The van der Waals surface area contributed by atoms with Crippen molar-refractivity contribution in [2.75, 3.05) is 0 Å². The van der Waals surface area contributed by atoms with Crippen molar-refractivity contribution in [2.24, 2.45) is 5.73 Å². The van der Waals surface area contributed by atoms with Crippen LogP contribution in [-0.4, -0.2) is 16.9 Å². The van der Waals surface area contributed by atoms with E-state index < -0.39 is 0 Å². The fourth-order valence-electron chi connectivity index (χ4n) is 2.29. The third kappa shape index (κ3) is 3.68. The first-order chi connectivity index (χ1) is 10.0. The highest BCUT2D eigenvalue weighted by Gasteiger charge is 2.20. The Kier molecular flexibility index (Phi) is 5.09. The second kappa shape index (κ2) is 6.83. The lowest BCUT2D eigenvalue weighted by molar-refractivity contribution is -0.120. The van der Waals surface area contributed by atoms with Crippen LogP contribution in [0.1, 0.15) is 36.9 Å². The molecule has 0 spiro atoms. The van der Waals surface area contributed by atoms with E-state index in [4.69, 9.17) is 5.73 Å². The first-order valence-corrected chi connectivity index (χ1v) is 7.92. The smallest absolute Gasteiger partial charge is 0.234 e. The van der Waals surface area contributed by atoms with Crippen LogP contribution >= 0.6 is 11.3 Å². The highest BCUT2D eigenvalue weighted by molar-refractivity contribution is 7.15. The lowest BCUT2D eigenvalue weighted by Gasteiger charge is -2.19. The first kappa shape index (κ1) is 15.7. The summed E-state index contributed by atoms with van der Waals surface area (Å²) < 4.78 is 0. The molecule has 4 nitrogen and oxygen atoms in total. The molecule has 1 aromatic carbocycles. The van der Waals surface area contributed by atoms with Crippen molar-refractivity contribution in [2.45, 2.75) is 39.3 Å². The zero-order valence-electron chi connectivity index (χ0n) is 12.6. The van der Waals surface area contributed by atoms with Crippen molar-refractivity contribution >= 4 is 17.2 Å². The lowest BCUT2D eigenvalue weighted by atomic mass is 10.1. The molecule has 2 unspecified atom stereocenters. The molecule has 0 bridgehead atoms. The molecule has 1 aromatic heterocycles. The number of aromatic nitrogens is 1. The van der Waals surface area contributed by atoms with Crippen molar-refractivity contribution in [1.82, 2.24) is 10.3 Å². The van der Waals surface area contributed by atoms with Crippen molar-refractivity contribution in [3.63, 3.8) is 0 Å². The van der Waals surface area contributed by atoms with Gasteiger partial charge in [-0.25, -0.2) is 4.98 Å². The van der Waals surface area contributed by atoms with Crippen LogP contribution < -0.4 is 11.1 Å². The highest BCUT2D eigenvalue weighted by Crippen LogP contribution is 2.31. The van der Waals surface area contributed by atoms with Crippen molar-refractivity contribution in [1.29, 1.82) is 0 Å². The normalized spacial score (nSPS) is 13.9. The Morgan fingerprint density at radius 3 is 2.62 bits per heavy atom. The number of nitrogens with one attached hydrogen (secondary N) is 1. The zero-order chi connectivity index (χ0) is 15.4. The quantitative estimate of drug-likeness (QED) is 0.862. The summed E-state index contributed by atoms with van der Waals surface area (Å²) in [6, 6.07) is 9.87. The third-order valence-electron chi connectivity index (χ3n) is 3.45. The van der Waals surface area contributed by atoms with Crippen molar-refractivity contribution in [3.8, 4) is 10.6 Å². The van der Waals surface area contributed by atoms with E-state index >= 15 is 0 Å². The van der Waals surface area contributed by atoms with Crippen LogP contribution in [0.15, 0.2) is 30.3 Å². The molecule has 0 radical (unpaired) electrons. The van der Waals surface area contributed by atoms with Gasteiger partial charge in [-0.2, -0.15) is 0 Å². The summed E-state index contributed by atoms with van der Waals surface area (Å²) in [5.74, 6) is -0.310. The summed E-state index contributed by atoms with van der Waals surface area (Å²) in [6.07, 6.45) is 0.684. The van der Waals surface area contributed by atoms with Gasteiger partial charge in [0.05, 0.1) is 11.7 Å². The van der Waals surface area contributed by atoms with Gasteiger partial charge in [0.25, 0.3) is 0 Å². The molecule has 1 heterocycles. The van der Waals surface area contributed by atoms with E-state index in [1.165, 1.54) is 0 Å². The van der Waals surface area contributed by atoms with E-state index in [1.807, 2.05) is 39.0 Å². The Labute approximate surface area is 129 Å². The van der Waals surface area contributed by atoms with Gasteiger partial charge in [0.15, 0.2) is 0 Å². The van der Waals surface area contributed by atoms with E-state index in [1.54, 1.807) is 11.3 Å². The SMILES string of the molecule is CCC(NC(C)c1sc(-c2ccccc2)nc1C)C(N)=O. The number of amides is 1. The molecular weight excluding hydrogens is 282 g/mol. The number of hydrogen-bond acceptors (Lipinski definition) is 4. The van der Waals surface area contributed by atoms with Gasteiger partial charge < -0.3 is 5.73 Å². The molecule has 3 N–H and O–H groups in total. The number of primary amides is 1. The monoisotopic (exact) mass is 303 g/mol. The summed E-state index contributed by atoms with van der Waals surface area (Å²) in [6.45, 7) is 5.99. The number of nitrogens with zero attached hydrogens (tertiary/aromatic N) is 1. The van der Waals surface area contributed by atoms with Gasteiger partial charge in [-0.3, -0.25) is 10.1 Å². The van der Waals surface area contributed by atoms with Gasteiger partial charge >= 0.3 is 0 Å². The Balaban J connectivity index is 2.21. The van der Waals surface area contributed by atoms with E-state index in [9.17, 15) is 4.79 Å². The number of aryl methyl sites for hydroxylation is 1. The fourth-order valence-corrected chi connectivity index (χ4v) is 3.38. The number of nitrogens with two attached hydrogens (primary N) is 1. The molecule has 21 heavy (non-hydrogen) atoms. The maximum absolute atomic E-state index is 11.4. The average molecular weight is 303 g/mol. The number of carbonyl (C=O) groups is 1. The van der Waals surface area contributed by atoms with Crippen LogP contribution in [0.5, 0.6) is 0 Å². The summed E-state index contributed by atoms with van der Waals surface area (Å²) >= 11 is 1.66. The predicted octanol–water partition coefficient (Wildman–Crippen LogP) is 3.03. The molecular formula is C16H21N3OS. The topological polar surface area (TPSA) is 68.0 Å². The van der Waals surface area contributed by atoms with Crippen molar-refractivity contribution in [3.05, 3.63) is 40.9 Å². The van der Waals surface area contributed by atoms with E-state index in [0.717, 1.165) is 21.1 Å². The molecule has 2 atom stereocenters. The van der Waals surface area contributed by atoms with Crippen LogP contribution in [0.25, 0.3) is 10.6 Å². The summed E-state index contributed by atoms with van der Waals surface area (Å²) in [5, 5.41) is 4.29. The van der Waals surface area contributed by atoms with Gasteiger partial charge in [-0.05, 0) is 20.3 Å². The molecule has 0 aliphatic carbocycles. The molecule has 0 saturated carbocycles. The first-order valence-electron chi connectivity index (χ1n) is 7.11. The maximum Gasteiger partial charge on any atom is 0.234 e. The minimum absolute atomic E-state index is 0.0532. The molecule has 0 aliphatic heterocycles. The van der Waals surface area contributed by atoms with Crippen LogP contribution in [0.4, 0.5) is 0 Å². The average Bonchev–Trinajstić information content (AvgIpc) is 2.87. The summed E-state index contributed by atoms with van der Waals surface area (Å²) in [5.41, 5.74) is 7.51. The maximum atomic E-state index is 11.4. The Morgan fingerprint density at radius 2 is 2.05 bits per heavy atom. The van der Waals surface area contributed by atoms with E-state index in [-0.39, 0.29) is 18.0 Å². The number of hydrogen-bond donors (Lipinski definition) is 2. The number of benzene rings is 1. The molecule has 112 valence electrons.